The van der Waals surface area contributed by atoms with Crippen molar-refractivity contribution >= 4 is 17.4 Å². The van der Waals surface area contributed by atoms with E-state index in [0.717, 1.165) is 49.8 Å². The van der Waals surface area contributed by atoms with Crippen LogP contribution in [0.15, 0.2) is 0 Å². The second-order valence-corrected chi connectivity index (χ2v) is 4.92. The standard InChI is InChI=1S/C13H20ClN3O/c1-4-10-8-18-7-6-17(10)13-9(3)12(14)15-11(5-2)16-13/h10H,4-8H2,1-3H3. The minimum atomic E-state index is 0.383. The molecule has 0 aliphatic carbocycles. The first-order valence-electron chi connectivity index (χ1n) is 6.54. The van der Waals surface area contributed by atoms with E-state index in [9.17, 15) is 0 Å². The molecule has 0 N–H and O–H groups in total. The predicted octanol–water partition coefficient (Wildman–Crippen LogP) is 2.62. The van der Waals surface area contributed by atoms with Gasteiger partial charge in [-0.05, 0) is 13.3 Å². The number of hydrogen-bond donors (Lipinski definition) is 0. The van der Waals surface area contributed by atoms with Gasteiger partial charge in [0.15, 0.2) is 0 Å². The third-order valence-electron chi connectivity index (χ3n) is 3.39. The highest BCUT2D eigenvalue weighted by molar-refractivity contribution is 6.30. The van der Waals surface area contributed by atoms with Crippen LogP contribution in [0.1, 0.15) is 31.7 Å². The third-order valence-corrected chi connectivity index (χ3v) is 3.76. The van der Waals surface area contributed by atoms with Crippen LogP contribution in [-0.2, 0) is 11.2 Å². The number of aryl methyl sites for hydroxylation is 1. The number of ether oxygens (including phenoxy) is 1. The molecule has 1 aliphatic heterocycles. The summed E-state index contributed by atoms with van der Waals surface area (Å²) in [7, 11) is 0. The van der Waals surface area contributed by atoms with E-state index in [2.05, 4.69) is 21.8 Å². The van der Waals surface area contributed by atoms with Gasteiger partial charge in [-0.1, -0.05) is 25.4 Å². The van der Waals surface area contributed by atoms with E-state index in [1.165, 1.54) is 0 Å². The van der Waals surface area contributed by atoms with Gasteiger partial charge in [0.25, 0.3) is 0 Å². The van der Waals surface area contributed by atoms with Crippen molar-refractivity contribution in [2.24, 2.45) is 0 Å². The first-order chi connectivity index (χ1) is 8.67. The van der Waals surface area contributed by atoms with Gasteiger partial charge in [-0.15, -0.1) is 0 Å². The van der Waals surface area contributed by atoms with Crippen molar-refractivity contribution in [1.82, 2.24) is 9.97 Å². The number of halogens is 1. The lowest BCUT2D eigenvalue weighted by atomic mass is 10.1. The fourth-order valence-electron chi connectivity index (χ4n) is 2.23. The zero-order chi connectivity index (χ0) is 13.1. The molecule has 18 heavy (non-hydrogen) atoms. The van der Waals surface area contributed by atoms with Crippen LogP contribution >= 0.6 is 11.6 Å². The summed E-state index contributed by atoms with van der Waals surface area (Å²) in [6, 6.07) is 0.383. The Bertz CT molecular complexity index is 425. The van der Waals surface area contributed by atoms with Crippen LogP contribution in [0.2, 0.25) is 5.15 Å². The molecule has 0 amide bonds. The largest absolute Gasteiger partial charge is 0.377 e. The van der Waals surface area contributed by atoms with Crippen molar-refractivity contribution in [3.05, 3.63) is 16.5 Å². The van der Waals surface area contributed by atoms with E-state index in [1.807, 2.05) is 13.8 Å². The highest BCUT2D eigenvalue weighted by Gasteiger charge is 2.25. The molecule has 5 heteroatoms. The summed E-state index contributed by atoms with van der Waals surface area (Å²) in [6.07, 6.45) is 1.84. The molecule has 2 rings (SSSR count). The topological polar surface area (TPSA) is 38.2 Å². The molecule has 0 spiro atoms. The summed E-state index contributed by atoms with van der Waals surface area (Å²) in [4.78, 5) is 11.3. The molecular formula is C13H20ClN3O. The number of nitrogens with zero attached hydrogens (tertiary/aromatic N) is 3. The first-order valence-corrected chi connectivity index (χ1v) is 6.92. The highest BCUT2D eigenvalue weighted by atomic mass is 35.5. The van der Waals surface area contributed by atoms with Crippen LogP contribution in [0.4, 0.5) is 5.82 Å². The SMILES string of the molecule is CCc1nc(Cl)c(C)c(N2CCOCC2CC)n1. The summed E-state index contributed by atoms with van der Waals surface area (Å²) < 4.78 is 5.53. The molecular weight excluding hydrogens is 250 g/mol. The Morgan fingerprint density at radius 1 is 1.39 bits per heavy atom. The lowest BCUT2D eigenvalue weighted by Crippen LogP contribution is -2.46. The maximum absolute atomic E-state index is 6.20. The zero-order valence-electron chi connectivity index (χ0n) is 11.2. The summed E-state index contributed by atoms with van der Waals surface area (Å²) >= 11 is 6.20. The molecule has 1 fully saturated rings. The Morgan fingerprint density at radius 3 is 2.83 bits per heavy atom. The van der Waals surface area contributed by atoms with Crippen molar-refractivity contribution in [3.8, 4) is 0 Å². The first kappa shape index (κ1) is 13.6. The van der Waals surface area contributed by atoms with E-state index in [-0.39, 0.29) is 0 Å². The molecule has 0 aromatic carbocycles. The average Bonchev–Trinajstić information content (AvgIpc) is 2.41. The summed E-state index contributed by atoms with van der Waals surface area (Å²) in [5, 5.41) is 0.568. The number of anilines is 1. The van der Waals surface area contributed by atoms with Crippen LogP contribution in [0.25, 0.3) is 0 Å². The molecule has 1 aromatic heterocycles. The number of aromatic nitrogens is 2. The molecule has 1 atom stereocenters. The van der Waals surface area contributed by atoms with Crippen LogP contribution in [0.5, 0.6) is 0 Å². The second-order valence-electron chi connectivity index (χ2n) is 4.56. The van der Waals surface area contributed by atoms with Crippen molar-refractivity contribution in [2.45, 2.75) is 39.7 Å². The minimum Gasteiger partial charge on any atom is -0.377 e. The predicted molar refractivity (Wildman–Crippen MR) is 73.4 cm³/mol. The average molecular weight is 270 g/mol. The van der Waals surface area contributed by atoms with Gasteiger partial charge >= 0.3 is 0 Å². The van der Waals surface area contributed by atoms with Crippen LogP contribution in [0, 0.1) is 6.92 Å². The van der Waals surface area contributed by atoms with Gasteiger partial charge in [-0.3, -0.25) is 0 Å². The lowest BCUT2D eigenvalue weighted by Gasteiger charge is -2.37. The smallest absolute Gasteiger partial charge is 0.137 e. The minimum absolute atomic E-state index is 0.383. The Kier molecular flexibility index (Phi) is 4.40. The second kappa shape index (κ2) is 5.85. The van der Waals surface area contributed by atoms with Gasteiger partial charge < -0.3 is 9.64 Å². The molecule has 1 saturated heterocycles. The number of rotatable bonds is 3. The van der Waals surface area contributed by atoms with E-state index in [1.54, 1.807) is 0 Å². The molecule has 1 unspecified atom stereocenters. The summed E-state index contributed by atoms with van der Waals surface area (Å²) in [5.41, 5.74) is 0.967. The molecule has 1 aromatic rings. The maximum Gasteiger partial charge on any atom is 0.137 e. The fourth-order valence-corrected chi connectivity index (χ4v) is 2.41. The third kappa shape index (κ3) is 2.59. The normalized spacial score (nSPS) is 20.2. The molecule has 4 nitrogen and oxygen atoms in total. The maximum atomic E-state index is 6.20. The lowest BCUT2D eigenvalue weighted by molar-refractivity contribution is 0.0924. The van der Waals surface area contributed by atoms with Gasteiger partial charge in [0, 0.05) is 18.5 Å². The molecule has 0 bridgehead atoms. The Labute approximate surface area is 113 Å². The summed E-state index contributed by atoms with van der Waals surface area (Å²) in [5.74, 6) is 1.78. The van der Waals surface area contributed by atoms with Crippen LogP contribution in [-0.4, -0.2) is 35.8 Å². The molecule has 1 aliphatic rings. The molecule has 0 radical (unpaired) electrons. The van der Waals surface area contributed by atoms with Crippen molar-refractivity contribution in [2.75, 3.05) is 24.7 Å². The molecule has 0 saturated carbocycles. The Balaban J connectivity index is 2.38. The van der Waals surface area contributed by atoms with E-state index >= 15 is 0 Å². The van der Waals surface area contributed by atoms with E-state index in [0.29, 0.717) is 11.2 Å². The van der Waals surface area contributed by atoms with Gasteiger partial charge in [0.05, 0.1) is 19.3 Å². The van der Waals surface area contributed by atoms with E-state index in [4.69, 9.17) is 16.3 Å². The van der Waals surface area contributed by atoms with Crippen LogP contribution < -0.4 is 4.90 Å². The van der Waals surface area contributed by atoms with Crippen LogP contribution in [0.3, 0.4) is 0 Å². The van der Waals surface area contributed by atoms with Gasteiger partial charge in [-0.2, -0.15) is 0 Å². The van der Waals surface area contributed by atoms with Gasteiger partial charge in [0.2, 0.25) is 0 Å². The van der Waals surface area contributed by atoms with E-state index < -0.39 is 0 Å². The van der Waals surface area contributed by atoms with Gasteiger partial charge in [-0.25, -0.2) is 9.97 Å². The number of morpholine rings is 1. The molecule has 2 heterocycles. The monoisotopic (exact) mass is 269 g/mol. The summed E-state index contributed by atoms with van der Waals surface area (Å²) in [6.45, 7) is 8.58. The zero-order valence-corrected chi connectivity index (χ0v) is 12.0. The van der Waals surface area contributed by atoms with Gasteiger partial charge in [0.1, 0.15) is 16.8 Å². The highest BCUT2D eigenvalue weighted by Crippen LogP contribution is 2.27. The van der Waals surface area contributed by atoms with Crippen molar-refractivity contribution in [1.29, 1.82) is 0 Å². The Hall–Kier alpha value is -0.870. The quantitative estimate of drug-likeness (QED) is 0.791. The van der Waals surface area contributed by atoms with Crippen molar-refractivity contribution in [3.63, 3.8) is 0 Å². The van der Waals surface area contributed by atoms with Crippen molar-refractivity contribution < 1.29 is 4.74 Å². The Morgan fingerprint density at radius 2 is 2.17 bits per heavy atom. The molecule has 100 valence electrons. The number of hydrogen-bond acceptors (Lipinski definition) is 4. The fraction of sp³-hybridized carbons (Fsp3) is 0.692.